The second-order valence-corrected chi connectivity index (χ2v) is 7.99. The molecule has 0 saturated heterocycles. The maximum absolute atomic E-state index is 13.1. The number of carbonyl (C=O) groups excluding carboxylic acids is 3. The SMILES string of the molecule is C[C@H](Oc1ccc(C(=O)c2sc(N(c3ccccc3)[C@@H](C)C(N)=O)nc2N)cc1)C(N)=O. The molecule has 0 aliphatic heterocycles. The Morgan fingerprint density at radius 2 is 1.59 bits per heavy atom. The maximum Gasteiger partial charge on any atom is 0.258 e. The minimum atomic E-state index is -0.799. The van der Waals surface area contributed by atoms with Gasteiger partial charge in [-0.1, -0.05) is 29.5 Å². The van der Waals surface area contributed by atoms with Crippen molar-refractivity contribution in [2.75, 3.05) is 10.6 Å². The molecule has 0 saturated carbocycles. The molecular weight excluding hydrogens is 430 g/mol. The van der Waals surface area contributed by atoms with Gasteiger partial charge in [-0.25, -0.2) is 4.98 Å². The number of nitrogens with two attached hydrogens (primary N) is 3. The number of hydrogen-bond acceptors (Lipinski definition) is 8. The molecule has 2 atom stereocenters. The Morgan fingerprint density at radius 1 is 0.969 bits per heavy atom. The smallest absolute Gasteiger partial charge is 0.258 e. The zero-order valence-corrected chi connectivity index (χ0v) is 18.3. The minimum absolute atomic E-state index is 0.0512. The molecule has 6 N–H and O–H groups in total. The number of hydrogen-bond donors (Lipinski definition) is 3. The first kappa shape index (κ1) is 22.8. The third-order valence-corrected chi connectivity index (χ3v) is 5.79. The van der Waals surface area contributed by atoms with Crippen LogP contribution in [0.2, 0.25) is 0 Å². The Bertz CT molecular complexity index is 1130. The molecule has 2 amide bonds. The number of primary amides is 2. The van der Waals surface area contributed by atoms with Crippen LogP contribution in [0.5, 0.6) is 5.75 Å². The van der Waals surface area contributed by atoms with E-state index in [9.17, 15) is 14.4 Å². The van der Waals surface area contributed by atoms with Gasteiger partial charge in [0.05, 0.1) is 0 Å². The first-order chi connectivity index (χ1) is 15.2. The largest absolute Gasteiger partial charge is 0.481 e. The van der Waals surface area contributed by atoms with Crippen molar-refractivity contribution in [1.82, 2.24) is 4.98 Å². The van der Waals surface area contributed by atoms with Crippen LogP contribution in [0.1, 0.15) is 29.1 Å². The number of ketones is 1. The van der Waals surface area contributed by atoms with Crippen molar-refractivity contribution in [3.63, 3.8) is 0 Å². The molecule has 10 heteroatoms. The quantitative estimate of drug-likeness (QED) is 0.420. The lowest BCUT2D eigenvalue weighted by molar-refractivity contribution is -0.124. The summed E-state index contributed by atoms with van der Waals surface area (Å²) in [4.78, 5) is 42.3. The van der Waals surface area contributed by atoms with Crippen LogP contribution in [0.25, 0.3) is 0 Å². The number of ether oxygens (including phenoxy) is 1. The van der Waals surface area contributed by atoms with E-state index in [4.69, 9.17) is 21.9 Å². The molecule has 1 heterocycles. The molecular formula is C22H23N5O4S. The van der Waals surface area contributed by atoms with Crippen LogP contribution >= 0.6 is 11.3 Å². The van der Waals surface area contributed by atoms with E-state index in [0.717, 1.165) is 11.3 Å². The average Bonchev–Trinajstić information content (AvgIpc) is 3.15. The highest BCUT2D eigenvalue weighted by atomic mass is 32.1. The topological polar surface area (TPSA) is 155 Å². The fraction of sp³-hybridized carbons (Fsp3) is 0.182. The molecule has 0 unspecified atom stereocenters. The normalized spacial score (nSPS) is 12.6. The summed E-state index contributed by atoms with van der Waals surface area (Å²) in [5.41, 5.74) is 17.8. The number of anilines is 3. The molecule has 0 bridgehead atoms. The number of aromatic nitrogens is 1. The van der Waals surface area contributed by atoms with E-state index in [2.05, 4.69) is 4.98 Å². The van der Waals surface area contributed by atoms with Gasteiger partial charge in [0, 0.05) is 11.3 Å². The highest BCUT2D eigenvalue weighted by Crippen LogP contribution is 2.35. The number of nitrogen functional groups attached to an aromatic ring is 1. The molecule has 0 aliphatic rings. The predicted octanol–water partition coefficient (Wildman–Crippen LogP) is 2.22. The summed E-state index contributed by atoms with van der Waals surface area (Å²) < 4.78 is 5.40. The van der Waals surface area contributed by atoms with Gasteiger partial charge in [0.2, 0.25) is 11.7 Å². The summed E-state index contributed by atoms with van der Waals surface area (Å²) in [5.74, 6) is -1.02. The Labute approximate surface area is 188 Å². The van der Waals surface area contributed by atoms with Gasteiger partial charge in [0.1, 0.15) is 22.5 Å². The average molecular weight is 454 g/mol. The summed E-state index contributed by atoms with van der Waals surface area (Å²) in [7, 11) is 0. The fourth-order valence-corrected chi connectivity index (χ4v) is 3.93. The summed E-state index contributed by atoms with van der Waals surface area (Å²) in [6, 6.07) is 14.6. The van der Waals surface area contributed by atoms with Crippen LogP contribution in [0, 0.1) is 0 Å². The molecule has 9 nitrogen and oxygen atoms in total. The maximum atomic E-state index is 13.1. The predicted molar refractivity (Wildman–Crippen MR) is 123 cm³/mol. The van der Waals surface area contributed by atoms with Crippen LogP contribution in [0.4, 0.5) is 16.6 Å². The third-order valence-electron chi connectivity index (χ3n) is 4.72. The first-order valence-electron chi connectivity index (χ1n) is 9.69. The van der Waals surface area contributed by atoms with Crippen molar-refractivity contribution in [3.8, 4) is 5.75 Å². The van der Waals surface area contributed by atoms with Crippen LogP contribution < -0.4 is 26.8 Å². The lowest BCUT2D eigenvalue weighted by Crippen LogP contribution is -2.39. The molecule has 166 valence electrons. The van der Waals surface area contributed by atoms with Gasteiger partial charge < -0.3 is 26.8 Å². The summed E-state index contributed by atoms with van der Waals surface area (Å²) in [6.07, 6.45) is -0.799. The van der Waals surface area contributed by atoms with Crippen molar-refractivity contribution in [3.05, 3.63) is 65.0 Å². The highest BCUT2D eigenvalue weighted by Gasteiger charge is 2.27. The Morgan fingerprint density at radius 3 is 2.16 bits per heavy atom. The number of nitrogens with zero attached hydrogens (tertiary/aromatic N) is 2. The first-order valence-corrected chi connectivity index (χ1v) is 10.5. The van der Waals surface area contributed by atoms with Crippen LogP contribution in [0.3, 0.4) is 0 Å². The van der Waals surface area contributed by atoms with E-state index in [1.807, 2.05) is 30.3 Å². The number of carbonyl (C=O) groups is 3. The molecule has 3 aromatic rings. The van der Waals surface area contributed by atoms with Gasteiger partial charge in [-0.15, -0.1) is 0 Å². The third kappa shape index (κ3) is 4.86. The van der Waals surface area contributed by atoms with Crippen molar-refractivity contribution < 1.29 is 19.1 Å². The number of amides is 2. The van der Waals surface area contributed by atoms with E-state index in [1.54, 1.807) is 36.1 Å². The van der Waals surface area contributed by atoms with Crippen LogP contribution in [-0.4, -0.2) is 34.7 Å². The number of rotatable bonds is 9. The van der Waals surface area contributed by atoms with E-state index in [1.165, 1.54) is 6.92 Å². The molecule has 0 radical (unpaired) electrons. The van der Waals surface area contributed by atoms with Crippen molar-refractivity contribution in [2.45, 2.75) is 26.0 Å². The van der Waals surface area contributed by atoms with Gasteiger partial charge in [-0.2, -0.15) is 0 Å². The molecule has 32 heavy (non-hydrogen) atoms. The molecule has 2 aromatic carbocycles. The van der Waals surface area contributed by atoms with Crippen LogP contribution in [0.15, 0.2) is 54.6 Å². The number of para-hydroxylation sites is 1. The second kappa shape index (κ2) is 9.48. The van der Waals surface area contributed by atoms with Crippen molar-refractivity contribution in [1.29, 1.82) is 0 Å². The van der Waals surface area contributed by atoms with Crippen molar-refractivity contribution >= 4 is 45.6 Å². The number of benzene rings is 2. The Balaban J connectivity index is 1.90. The zero-order valence-electron chi connectivity index (χ0n) is 17.5. The zero-order chi connectivity index (χ0) is 23.4. The van der Waals surface area contributed by atoms with E-state index in [-0.39, 0.29) is 16.5 Å². The fourth-order valence-electron chi connectivity index (χ4n) is 2.88. The lowest BCUT2D eigenvalue weighted by Gasteiger charge is -2.26. The van der Waals surface area contributed by atoms with Gasteiger partial charge in [-0.05, 0) is 50.2 Å². The number of thiazole rings is 1. The van der Waals surface area contributed by atoms with E-state index in [0.29, 0.717) is 22.1 Å². The highest BCUT2D eigenvalue weighted by molar-refractivity contribution is 7.18. The molecule has 0 aliphatic carbocycles. The molecule has 0 fully saturated rings. The summed E-state index contributed by atoms with van der Waals surface area (Å²) >= 11 is 1.07. The standard InChI is InChI=1S/C22H23N5O4S/c1-12(20(24)29)27(15-6-4-3-5-7-15)22-26-19(23)18(32-22)17(28)14-8-10-16(11-9-14)31-13(2)21(25)30/h3-13H,23H2,1-2H3,(H2,24,29)(H2,25,30)/t12-,13-/m0/s1. The summed E-state index contributed by atoms with van der Waals surface area (Å²) in [6.45, 7) is 3.19. The molecule has 3 rings (SSSR count). The van der Waals surface area contributed by atoms with Gasteiger partial charge in [0.25, 0.3) is 5.91 Å². The van der Waals surface area contributed by atoms with Gasteiger partial charge in [-0.3, -0.25) is 14.4 Å². The monoisotopic (exact) mass is 453 g/mol. The second-order valence-electron chi connectivity index (χ2n) is 7.01. The Kier molecular flexibility index (Phi) is 6.74. The van der Waals surface area contributed by atoms with E-state index < -0.39 is 24.0 Å². The molecule has 1 aromatic heterocycles. The lowest BCUT2D eigenvalue weighted by atomic mass is 10.1. The molecule has 0 spiro atoms. The van der Waals surface area contributed by atoms with E-state index >= 15 is 0 Å². The van der Waals surface area contributed by atoms with Gasteiger partial charge in [0.15, 0.2) is 11.2 Å². The Hall–Kier alpha value is -3.92. The summed E-state index contributed by atoms with van der Waals surface area (Å²) in [5, 5.41) is 0.374. The minimum Gasteiger partial charge on any atom is -0.481 e. The van der Waals surface area contributed by atoms with Gasteiger partial charge >= 0.3 is 0 Å². The van der Waals surface area contributed by atoms with Crippen molar-refractivity contribution in [2.24, 2.45) is 11.5 Å². The van der Waals surface area contributed by atoms with Crippen LogP contribution in [-0.2, 0) is 9.59 Å².